The van der Waals surface area contributed by atoms with E-state index >= 15 is 0 Å². The molecule has 1 aromatic heterocycles. The molecule has 118 valence electrons. The molecule has 5 nitrogen and oxygen atoms in total. The Morgan fingerprint density at radius 1 is 1.14 bits per heavy atom. The van der Waals surface area contributed by atoms with Crippen molar-refractivity contribution in [3.8, 4) is 0 Å². The highest BCUT2D eigenvalue weighted by Crippen LogP contribution is 2.16. The van der Waals surface area contributed by atoms with Gasteiger partial charge in [0.25, 0.3) is 0 Å². The lowest BCUT2D eigenvalue weighted by Gasteiger charge is -2.21. The van der Waals surface area contributed by atoms with Gasteiger partial charge in [0.2, 0.25) is 5.76 Å². The maximum Gasteiger partial charge on any atom is 0.374 e. The smallest absolute Gasteiger partial charge is 0.374 e. The summed E-state index contributed by atoms with van der Waals surface area (Å²) in [7, 11) is 3.03. The number of ether oxygens (including phenoxy) is 2. The maximum absolute atomic E-state index is 11.7. The highest BCUT2D eigenvalue weighted by Gasteiger charge is 2.18. The molecular formula is C17H21NO4. The fourth-order valence-electron chi connectivity index (χ4n) is 2.25. The van der Waals surface area contributed by atoms with Crippen LogP contribution in [0.2, 0.25) is 0 Å². The van der Waals surface area contributed by atoms with Gasteiger partial charge in [0, 0.05) is 32.3 Å². The lowest BCUT2D eigenvalue weighted by atomic mass is 10.2. The molecule has 0 saturated heterocycles. The summed E-state index contributed by atoms with van der Waals surface area (Å²) in [6, 6.07) is 12.0. The molecule has 5 heteroatoms. The molecule has 0 aliphatic heterocycles. The van der Waals surface area contributed by atoms with E-state index in [1.54, 1.807) is 13.2 Å². The first-order valence-electron chi connectivity index (χ1n) is 7.14. The molecule has 0 amide bonds. The number of nitrogens with zero attached hydrogens (tertiary/aromatic N) is 1. The van der Waals surface area contributed by atoms with Crippen LogP contribution in [0.1, 0.15) is 21.7 Å². The second-order valence-corrected chi connectivity index (χ2v) is 4.96. The average Bonchev–Trinajstić information content (AvgIpc) is 3.01. The van der Waals surface area contributed by atoms with Crippen molar-refractivity contribution < 1.29 is 18.7 Å². The molecule has 22 heavy (non-hydrogen) atoms. The molecule has 0 spiro atoms. The van der Waals surface area contributed by atoms with E-state index in [-0.39, 0.29) is 5.76 Å². The molecule has 1 heterocycles. The zero-order valence-electron chi connectivity index (χ0n) is 13.0. The van der Waals surface area contributed by atoms with Gasteiger partial charge in [-0.3, -0.25) is 4.90 Å². The Morgan fingerprint density at radius 2 is 1.91 bits per heavy atom. The molecule has 0 aliphatic carbocycles. The molecule has 1 aromatic carbocycles. The van der Waals surface area contributed by atoms with Crippen LogP contribution in [0, 0.1) is 0 Å². The van der Waals surface area contributed by atoms with Crippen molar-refractivity contribution in [1.82, 2.24) is 4.90 Å². The number of rotatable bonds is 8. The van der Waals surface area contributed by atoms with Crippen molar-refractivity contribution in [1.29, 1.82) is 0 Å². The quantitative estimate of drug-likeness (QED) is 0.702. The highest BCUT2D eigenvalue weighted by atomic mass is 16.5. The van der Waals surface area contributed by atoms with Crippen molar-refractivity contribution in [3.05, 3.63) is 59.5 Å². The Hall–Kier alpha value is -2.11. The van der Waals surface area contributed by atoms with E-state index in [1.165, 1.54) is 18.9 Å². The van der Waals surface area contributed by atoms with Gasteiger partial charge in [0.05, 0.1) is 20.0 Å². The van der Waals surface area contributed by atoms with Crippen molar-refractivity contribution in [2.24, 2.45) is 0 Å². The van der Waals surface area contributed by atoms with Crippen LogP contribution in [0.25, 0.3) is 0 Å². The van der Waals surface area contributed by atoms with Crippen LogP contribution < -0.4 is 0 Å². The zero-order valence-corrected chi connectivity index (χ0v) is 13.0. The molecule has 0 aliphatic rings. The summed E-state index contributed by atoms with van der Waals surface area (Å²) in [5, 5.41) is 0. The molecule has 0 N–H and O–H groups in total. The highest BCUT2D eigenvalue weighted by molar-refractivity contribution is 5.87. The largest absolute Gasteiger partial charge is 0.463 e. The fraction of sp³-hybridized carbons (Fsp3) is 0.353. The van der Waals surface area contributed by atoms with Gasteiger partial charge in [-0.15, -0.1) is 0 Å². The van der Waals surface area contributed by atoms with Crippen LogP contribution >= 0.6 is 0 Å². The van der Waals surface area contributed by atoms with Gasteiger partial charge in [0.1, 0.15) is 0 Å². The number of carbonyl (C=O) groups excluding carboxylic acids is 1. The summed E-state index contributed by atoms with van der Waals surface area (Å²) >= 11 is 0. The van der Waals surface area contributed by atoms with E-state index in [1.807, 2.05) is 18.2 Å². The number of esters is 1. The van der Waals surface area contributed by atoms with Crippen molar-refractivity contribution in [2.45, 2.75) is 13.1 Å². The summed E-state index contributed by atoms with van der Waals surface area (Å²) < 4.78 is 15.2. The second kappa shape index (κ2) is 8.36. The average molecular weight is 303 g/mol. The molecule has 2 rings (SSSR count). The summed E-state index contributed by atoms with van der Waals surface area (Å²) in [5.74, 6) is -0.190. The van der Waals surface area contributed by atoms with E-state index in [0.29, 0.717) is 13.2 Å². The minimum atomic E-state index is -0.452. The normalized spacial score (nSPS) is 10.9. The zero-order chi connectivity index (χ0) is 15.8. The second-order valence-electron chi connectivity index (χ2n) is 4.96. The summed E-state index contributed by atoms with van der Waals surface area (Å²) in [6.45, 7) is 2.75. The lowest BCUT2D eigenvalue weighted by Crippen LogP contribution is -2.27. The Morgan fingerprint density at radius 3 is 2.59 bits per heavy atom. The number of carbonyl (C=O) groups is 1. The summed E-state index contributed by atoms with van der Waals surface area (Å²) in [4.78, 5) is 13.9. The summed E-state index contributed by atoms with van der Waals surface area (Å²) in [5.41, 5.74) is 2.03. The topological polar surface area (TPSA) is 51.9 Å². The Labute approximate surface area is 130 Å². The minimum absolute atomic E-state index is 0.262. The van der Waals surface area contributed by atoms with Crippen molar-refractivity contribution in [2.75, 3.05) is 27.4 Å². The minimum Gasteiger partial charge on any atom is -0.463 e. The molecule has 0 fully saturated rings. The molecular weight excluding hydrogens is 282 g/mol. The van der Waals surface area contributed by atoms with Gasteiger partial charge in [-0.1, -0.05) is 30.3 Å². The summed E-state index contributed by atoms with van der Waals surface area (Å²) in [6.07, 6.45) is 1.51. The third-order valence-electron chi connectivity index (χ3n) is 3.37. The van der Waals surface area contributed by atoms with Crippen LogP contribution in [-0.4, -0.2) is 38.2 Å². The third-order valence-corrected chi connectivity index (χ3v) is 3.37. The van der Waals surface area contributed by atoms with E-state index in [2.05, 4.69) is 17.0 Å². The maximum atomic E-state index is 11.7. The van der Waals surface area contributed by atoms with Gasteiger partial charge >= 0.3 is 5.97 Å². The van der Waals surface area contributed by atoms with E-state index < -0.39 is 5.97 Å². The van der Waals surface area contributed by atoms with Crippen LogP contribution in [0.15, 0.2) is 47.1 Å². The van der Waals surface area contributed by atoms with Crippen LogP contribution in [0.3, 0.4) is 0 Å². The van der Waals surface area contributed by atoms with Crippen molar-refractivity contribution in [3.63, 3.8) is 0 Å². The SMILES string of the molecule is COCCN(Cc1ccccc1)Cc1ccoc1C(=O)OC. The molecule has 0 saturated carbocycles. The van der Waals surface area contributed by atoms with Crippen LogP contribution in [-0.2, 0) is 22.6 Å². The van der Waals surface area contributed by atoms with Gasteiger partial charge in [-0.25, -0.2) is 4.79 Å². The number of methoxy groups -OCH3 is 2. The first-order valence-corrected chi connectivity index (χ1v) is 7.14. The van der Waals surface area contributed by atoms with Crippen LogP contribution in [0.5, 0.6) is 0 Å². The van der Waals surface area contributed by atoms with E-state index in [0.717, 1.165) is 18.7 Å². The van der Waals surface area contributed by atoms with Crippen LogP contribution in [0.4, 0.5) is 0 Å². The Bertz CT molecular complexity index is 579. The van der Waals surface area contributed by atoms with Gasteiger partial charge in [0.15, 0.2) is 0 Å². The number of benzene rings is 1. The predicted octanol–water partition coefficient (Wildman–Crippen LogP) is 2.71. The van der Waals surface area contributed by atoms with Gasteiger partial charge in [-0.05, 0) is 11.6 Å². The van der Waals surface area contributed by atoms with E-state index in [4.69, 9.17) is 13.9 Å². The number of furan rings is 1. The monoisotopic (exact) mass is 303 g/mol. The first-order chi connectivity index (χ1) is 10.7. The van der Waals surface area contributed by atoms with Gasteiger partial charge < -0.3 is 13.9 Å². The molecule has 0 atom stereocenters. The molecule has 0 radical (unpaired) electrons. The predicted molar refractivity (Wildman–Crippen MR) is 82.5 cm³/mol. The molecule has 0 bridgehead atoms. The number of hydrogen-bond acceptors (Lipinski definition) is 5. The Kier molecular flexibility index (Phi) is 6.18. The van der Waals surface area contributed by atoms with Gasteiger partial charge in [-0.2, -0.15) is 0 Å². The molecule has 0 unspecified atom stereocenters. The third kappa shape index (κ3) is 4.44. The first kappa shape index (κ1) is 16.3. The fourth-order valence-corrected chi connectivity index (χ4v) is 2.25. The number of hydrogen-bond donors (Lipinski definition) is 0. The Balaban J connectivity index is 2.09. The standard InChI is InChI=1S/C17H21NO4/c1-20-11-9-18(12-14-6-4-3-5-7-14)13-15-8-10-22-16(15)17(19)21-2/h3-8,10H,9,11-13H2,1-2H3. The van der Waals surface area contributed by atoms with Crippen molar-refractivity contribution >= 4 is 5.97 Å². The van der Waals surface area contributed by atoms with E-state index in [9.17, 15) is 4.79 Å². The molecule has 2 aromatic rings. The lowest BCUT2D eigenvalue weighted by molar-refractivity contribution is 0.0561.